The van der Waals surface area contributed by atoms with Gasteiger partial charge >= 0.3 is 0 Å². The monoisotopic (exact) mass is 579 g/mol. The van der Waals surface area contributed by atoms with E-state index in [2.05, 4.69) is 40.0 Å². The average Bonchev–Trinajstić information content (AvgIpc) is 2.94. The van der Waals surface area contributed by atoms with E-state index in [-0.39, 0.29) is 42.9 Å². The summed E-state index contributed by atoms with van der Waals surface area (Å²) in [7, 11) is 3.97. The molecule has 228 valence electrons. The Labute approximate surface area is 249 Å². The molecule has 0 radical (unpaired) electrons. The summed E-state index contributed by atoms with van der Waals surface area (Å²) >= 11 is 0. The van der Waals surface area contributed by atoms with Crippen LogP contribution in [0.25, 0.3) is 0 Å². The van der Waals surface area contributed by atoms with E-state index in [9.17, 15) is 19.2 Å². The van der Waals surface area contributed by atoms with Gasteiger partial charge in [-0.1, -0.05) is 56.3 Å². The molecule has 3 atom stereocenters. The molecule has 4 amide bonds. The van der Waals surface area contributed by atoms with Gasteiger partial charge in [-0.2, -0.15) is 0 Å². The summed E-state index contributed by atoms with van der Waals surface area (Å²) in [5.41, 5.74) is 1.13. The lowest BCUT2D eigenvalue weighted by molar-refractivity contribution is -0.131. The van der Waals surface area contributed by atoms with Gasteiger partial charge in [-0.05, 0) is 63.5 Å². The van der Waals surface area contributed by atoms with Crippen LogP contribution in [0, 0.1) is 5.92 Å². The predicted octanol–water partition coefficient (Wildman–Crippen LogP) is 2.28. The number of amides is 4. The van der Waals surface area contributed by atoms with E-state index in [0.717, 1.165) is 24.9 Å². The molecule has 3 rings (SSSR count). The number of rotatable bonds is 10. The SMILES string of the molecule is CC(C)C[C@@H]1COc2ccccc2C(=O)N[C@H](C(=O)NCCCCN(C)C)CC(=O)N[C@H](Cc2ccccc2)C(=O)N1. The summed E-state index contributed by atoms with van der Waals surface area (Å²) in [6.07, 6.45) is 2.23. The molecule has 0 bridgehead atoms. The van der Waals surface area contributed by atoms with E-state index in [4.69, 9.17) is 4.74 Å². The van der Waals surface area contributed by atoms with Crippen LogP contribution in [-0.2, 0) is 20.8 Å². The summed E-state index contributed by atoms with van der Waals surface area (Å²) in [5, 5.41) is 11.5. The zero-order chi connectivity index (χ0) is 30.5. The van der Waals surface area contributed by atoms with Gasteiger partial charge in [-0.25, -0.2) is 0 Å². The Kier molecular flexibility index (Phi) is 12.8. The topological polar surface area (TPSA) is 129 Å². The molecule has 10 nitrogen and oxygen atoms in total. The molecule has 1 aliphatic rings. The highest BCUT2D eigenvalue weighted by Crippen LogP contribution is 2.20. The molecule has 10 heteroatoms. The number of hydrogen-bond donors (Lipinski definition) is 4. The molecule has 2 aromatic rings. The minimum atomic E-state index is -1.14. The smallest absolute Gasteiger partial charge is 0.255 e. The maximum atomic E-state index is 13.6. The second-order valence-electron chi connectivity index (χ2n) is 11.5. The van der Waals surface area contributed by atoms with Crippen LogP contribution >= 0.6 is 0 Å². The number of hydrogen-bond acceptors (Lipinski definition) is 6. The molecule has 0 aliphatic carbocycles. The van der Waals surface area contributed by atoms with Crippen molar-refractivity contribution in [1.29, 1.82) is 0 Å². The van der Waals surface area contributed by atoms with Crippen LogP contribution in [-0.4, -0.2) is 80.4 Å². The van der Waals surface area contributed by atoms with Gasteiger partial charge in [0, 0.05) is 13.0 Å². The van der Waals surface area contributed by atoms with E-state index in [0.29, 0.717) is 18.7 Å². The van der Waals surface area contributed by atoms with Crippen LogP contribution in [0.3, 0.4) is 0 Å². The highest BCUT2D eigenvalue weighted by Gasteiger charge is 2.30. The Morgan fingerprint density at radius 1 is 0.976 bits per heavy atom. The summed E-state index contributed by atoms with van der Waals surface area (Å²) in [4.78, 5) is 55.5. The Morgan fingerprint density at radius 3 is 2.40 bits per heavy atom. The fourth-order valence-corrected chi connectivity index (χ4v) is 4.84. The first-order valence-electron chi connectivity index (χ1n) is 14.7. The first kappa shape index (κ1) is 32.6. The number of nitrogens with one attached hydrogen (secondary N) is 4. The van der Waals surface area contributed by atoms with Crippen LogP contribution in [0.5, 0.6) is 5.75 Å². The number of carbonyl (C=O) groups excluding carboxylic acids is 4. The van der Waals surface area contributed by atoms with Crippen molar-refractivity contribution in [3.63, 3.8) is 0 Å². The standard InChI is InChI=1S/C32H45N5O5/c1-22(2)18-24-21-42-28-15-9-8-14-25(28)30(39)36-27(31(40)33-16-10-11-17-37(3)4)20-29(38)35-26(32(41)34-24)19-23-12-6-5-7-13-23/h5-9,12-15,22,24,26-27H,10-11,16-21H2,1-4H3,(H,33,40)(H,34,41)(H,35,38)(H,36,39)/t24-,26-,27+/m1/s1. The number of nitrogens with zero attached hydrogens (tertiary/aromatic N) is 1. The van der Waals surface area contributed by atoms with Crippen molar-refractivity contribution in [2.24, 2.45) is 5.92 Å². The van der Waals surface area contributed by atoms with Crippen molar-refractivity contribution in [3.8, 4) is 5.75 Å². The summed E-state index contributed by atoms with van der Waals surface area (Å²) < 4.78 is 6.08. The number of para-hydroxylation sites is 1. The third-order valence-electron chi connectivity index (χ3n) is 6.95. The second kappa shape index (κ2) is 16.5. The zero-order valence-electron chi connectivity index (χ0n) is 25.2. The average molecular weight is 580 g/mol. The lowest BCUT2D eigenvalue weighted by Gasteiger charge is -2.27. The molecule has 0 saturated carbocycles. The zero-order valence-corrected chi connectivity index (χ0v) is 25.2. The normalized spacial score (nSPS) is 20.0. The van der Waals surface area contributed by atoms with Crippen LogP contribution in [0.2, 0.25) is 0 Å². The van der Waals surface area contributed by atoms with Crippen LogP contribution in [0.4, 0.5) is 0 Å². The summed E-state index contributed by atoms with van der Waals surface area (Å²) in [5.74, 6) is -1.23. The molecule has 2 aromatic carbocycles. The molecule has 0 unspecified atom stereocenters. The maximum Gasteiger partial charge on any atom is 0.255 e. The van der Waals surface area contributed by atoms with Gasteiger partial charge in [0.25, 0.3) is 5.91 Å². The number of unbranched alkanes of at least 4 members (excludes halogenated alkanes) is 1. The first-order chi connectivity index (χ1) is 20.1. The molecule has 4 N–H and O–H groups in total. The third kappa shape index (κ3) is 10.8. The van der Waals surface area contributed by atoms with Gasteiger partial charge in [0.15, 0.2) is 0 Å². The molecule has 1 heterocycles. The Morgan fingerprint density at radius 2 is 1.69 bits per heavy atom. The van der Waals surface area contributed by atoms with Crippen molar-refractivity contribution in [3.05, 3.63) is 65.7 Å². The van der Waals surface area contributed by atoms with E-state index in [1.54, 1.807) is 24.3 Å². The summed E-state index contributed by atoms with van der Waals surface area (Å²) in [6, 6.07) is 13.8. The predicted molar refractivity (Wildman–Crippen MR) is 162 cm³/mol. The highest BCUT2D eigenvalue weighted by molar-refractivity contribution is 6.01. The van der Waals surface area contributed by atoms with Gasteiger partial charge < -0.3 is 30.9 Å². The largest absolute Gasteiger partial charge is 0.491 e. The van der Waals surface area contributed by atoms with Gasteiger partial charge in [0.05, 0.1) is 18.0 Å². The molecule has 0 saturated heterocycles. The van der Waals surface area contributed by atoms with Crippen molar-refractivity contribution in [2.45, 2.75) is 64.1 Å². The lowest BCUT2D eigenvalue weighted by atomic mass is 10.0. The molecule has 0 aromatic heterocycles. The van der Waals surface area contributed by atoms with Crippen molar-refractivity contribution >= 4 is 23.6 Å². The van der Waals surface area contributed by atoms with E-state index in [1.165, 1.54) is 0 Å². The number of carbonyl (C=O) groups is 4. The molecule has 0 spiro atoms. The van der Waals surface area contributed by atoms with Crippen molar-refractivity contribution in [2.75, 3.05) is 33.8 Å². The fourth-order valence-electron chi connectivity index (χ4n) is 4.84. The van der Waals surface area contributed by atoms with Crippen LogP contribution in [0.1, 0.15) is 55.5 Å². The third-order valence-corrected chi connectivity index (χ3v) is 6.95. The maximum absolute atomic E-state index is 13.6. The van der Waals surface area contributed by atoms with E-state index in [1.807, 2.05) is 44.4 Å². The number of benzene rings is 2. The second-order valence-corrected chi connectivity index (χ2v) is 11.5. The van der Waals surface area contributed by atoms with Gasteiger partial charge in [-0.3, -0.25) is 19.2 Å². The Hall–Kier alpha value is -3.92. The van der Waals surface area contributed by atoms with Gasteiger partial charge in [-0.15, -0.1) is 0 Å². The van der Waals surface area contributed by atoms with Crippen LogP contribution < -0.4 is 26.0 Å². The highest BCUT2D eigenvalue weighted by atomic mass is 16.5. The van der Waals surface area contributed by atoms with Crippen LogP contribution in [0.15, 0.2) is 54.6 Å². The summed E-state index contributed by atoms with van der Waals surface area (Å²) in [6.45, 7) is 5.54. The van der Waals surface area contributed by atoms with Gasteiger partial charge in [0.1, 0.15) is 24.4 Å². The van der Waals surface area contributed by atoms with E-state index < -0.39 is 29.8 Å². The minimum Gasteiger partial charge on any atom is -0.491 e. The van der Waals surface area contributed by atoms with Crippen molar-refractivity contribution in [1.82, 2.24) is 26.2 Å². The number of ether oxygens (including phenoxy) is 1. The quantitative estimate of drug-likeness (QED) is 0.320. The molecule has 1 aliphatic heterocycles. The first-order valence-corrected chi connectivity index (χ1v) is 14.7. The van der Waals surface area contributed by atoms with Crippen molar-refractivity contribution < 1.29 is 23.9 Å². The molecular weight excluding hydrogens is 534 g/mol. The van der Waals surface area contributed by atoms with E-state index >= 15 is 0 Å². The molecular formula is C32H45N5O5. The Balaban J connectivity index is 1.87. The Bertz CT molecular complexity index is 1190. The van der Waals surface area contributed by atoms with Gasteiger partial charge in [0.2, 0.25) is 17.7 Å². The molecule has 0 fully saturated rings. The fraction of sp³-hybridized carbons (Fsp3) is 0.500. The number of fused-ring (bicyclic) bond motifs is 1. The lowest BCUT2D eigenvalue weighted by Crippen LogP contribution is -2.54. The minimum absolute atomic E-state index is 0.136. The molecule has 42 heavy (non-hydrogen) atoms.